The number of hydrogen-bond acceptors (Lipinski definition) is 3. The molecule has 5 heteroatoms. The van der Waals surface area contributed by atoms with E-state index in [1.54, 1.807) is 6.92 Å². The van der Waals surface area contributed by atoms with Crippen molar-refractivity contribution in [1.82, 2.24) is 5.01 Å². The van der Waals surface area contributed by atoms with E-state index < -0.39 is 0 Å². The maximum absolute atomic E-state index is 11.7. The van der Waals surface area contributed by atoms with Crippen molar-refractivity contribution >= 4 is 11.6 Å². The number of para-hydroxylation sites is 1. The first-order valence-electron chi connectivity index (χ1n) is 5.52. The van der Waals surface area contributed by atoms with Gasteiger partial charge in [-0.25, -0.2) is 0 Å². The summed E-state index contributed by atoms with van der Waals surface area (Å²) in [5.41, 5.74) is 2.81. The second-order valence-corrected chi connectivity index (χ2v) is 3.88. The summed E-state index contributed by atoms with van der Waals surface area (Å²) in [5.74, 6) is -0.233. The molecular weight excluding hydrogens is 218 g/mol. The summed E-state index contributed by atoms with van der Waals surface area (Å²) in [6.45, 7) is 6.03. The summed E-state index contributed by atoms with van der Waals surface area (Å²) in [4.78, 5) is 22.0. The van der Waals surface area contributed by atoms with Crippen LogP contribution < -0.4 is 5.32 Å². The van der Waals surface area contributed by atoms with Crippen molar-refractivity contribution in [3.8, 4) is 0 Å². The van der Waals surface area contributed by atoms with Crippen LogP contribution in [0.25, 0.3) is 0 Å². The van der Waals surface area contributed by atoms with E-state index in [9.17, 15) is 9.70 Å². The van der Waals surface area contributed by atoms with E-state index in [0.717, 1.165) is 16.8 Å². The monoisotopic (exact) mass is 235 g/mol. The number of nitrogens with zero attached hydrogens (tertiary/aromatic N) is 2. The van der Waals surface area contributed by atoms with Crippen LogP contribution in [0.2, 0.25) is 0 Å². The van der Waals surface area contributed by atoms with E-state index in [4.69, 9.17) is 0 Å². The topological polar surface area (TPSA) is 61.8 Å². The first kappa shape index (κ1) is 13.2. The zero-order valence-electron chi connectivity index (χ0n) is 10.4. The number of hydrogen-bond donors (Lipinski definition) is 1. The van der Waals surface area contributed by atoms with Crippen LogP contribution in [-0.4, -0.2) is 24.0 Å². The Morgan fingerprint density at radius 3 is 2.41 bits per heavy atom. The molecule has 0 aromatic heterocycles. The Hall–Kier alpha value is -1.91. The number of carbonyl (C=O) groups is 1. The molecule has 0 radical (unpaired) electrons. The number of likely N-dealkylation sites (N-methyl/N-ethyl adjacent to an activating group) is 1. The third kappa shape index (κ3) is 3.55. The average molecular weight is 235 g/mol. The highest BCUT2D eigenvalue weighted by atomic mass is 16.3. The lowest BCUT2D eigenvalue weighted by Crippen LogP contribution is -2.29. The molecule has 1 amide bonds. The number of aryl methyl sites for hydroxylation is 2. The predicted molar refractivity (Wildman–Crippen MR) is 67.6 cm³/mol. The zero-order valence-corrected chi connectivity index (χ0v) is 10.4. The van der Waals surface area contributed by atoms with Crippen LogP contribution in [0.5, 0.6) is 0 Å². The smallest absolute Gasteiger partial charge is 0.245 e. The highest BCUT2D eigenvalue weighted by Crippen LogP contribution is 2.19. The Kier molecular flexibility index (Phi) is 4.63. The minimum atomic E-state index is -0.233. The third-order valence-electron chi connectivity index (χ3n) is 2.55. The van der Waals surface area contributed by atoms with E-state index in [0.29, 0.717) is 6.54 Å². The molecule has 0 aliphatic rings. The molecule has 1 N–H and O–H groups in total. The summed E-state index contributed by atoms with van der Waals surface area (Å²) in [5, 5.41) is 6.72. The molecule has 92 valence electrons. The van der Waals surface area contributed by atoms with Crippen LogP contribution in [0.3, 0.4) is 0 Å². The van der Waals surface area contributed by atoms with Gasteiger partial charge in [-0.3, -0.25) is 9.80 Å². The highest BCUT2D eigenvalue weighted by molar-refractivity contribution is 5.93. The van der Waals surface area contributed by atoms with Gasteiger partial charge in [0.1, 0.15) is 6.54 Å². The maximum atomic E-state index is 11.7. The van der Waals surface area contributed by atoms with Gasteiger partial charge in [0.2, 0.25) is 5.91 Å². The molecule has 17 heavy (non-hydrogen) atoms. The number of rotatable bonds is 5. The Morgan fingerprint density at radius 2 is 1.94 bits per heavy atom. The number of anilines is 1. The summed E-state index contributed by atoms with van der Waals surface area (Å²) >= 11 is 0. The van der Waals surface area contributed by atoms with Crippen LogP contribution >= 0.6 is 0 Å². The van der Waals surface area contributed by atoms with E-state index in [1.165, 1.54) is 5.01 Å². The SMILES string of the molecule is CCN(CC(=O)Nc1c(C)cccc1C)N=O. The van der Waals surface area contributed by atoms with Gasteiger partial charge in [0.25, 0.3) is 0 Å². The zero-order chi connectivity index (χ0) is 12.8. The molecule has 0 saturated carbocycles. The third-order valence-corrected chi connectivity index (χ3v) is 2.55. The fraction of sp³-hybridized carbons (Fsp3) is 0.417. The second-order valence-electron chi connectivity index (χ2n) is 3.88. The van der Waals surface area contributed by atoms with Crippen molar-refractivity contribution in [3.05, 3.63) is 34.2 Å². The van der Waals surface area contributed by atoms with Crippen LogP contribution in [0.15, 0.2) is 23.5 Å². The molecule has 0 heterocycles. The standard InChI is InChI=1S/C12H17N3O2/c1-4-15(14-17)8-11(16)13-12-9(2)6-5-7-10(12)3/h5-7H,4,8H2,1-3H3,(H,13,16). The highest BCUT2D eigenvalue weighted by Gasteiger charge is 2.10. The molecule has 0 saturated heterocycles. The van der Waals surface area contributed by atoms with Gasteiger partial charge in [0, 0.05) is 12.2 Å². The normalized spacial score (nSPS) is 9.82. The van der Waals surface area contributed by atoms with Gasteiger partial charge in [0.15, 0.2) is 0 Å². The minimum Gasteiger partial charge on any atom is -0.324 e. The molecule has 1 aromatic carbocycles. The van der Waals surface area contributed by atoms with E-state index in [1.807, 2.05) is 32.0 Å². The molecular formula is C12H17N3O2. The quantitative estimate of drug-likeness (QED) is 0.629. The van der Waals surface area contributed by atoms with Crippen LogP contribution in [0.4, 0.5) is 5.69 Å². The molecule has 0 aliphatic carbocycles. The van der Waals surface area contributed by atoms with E-state index in [-0.39, 0.29) is 12.5 Å². The summed E-state index contributed by atoms with van der Waals surface area (Å²) in [6.07, 6.45) is 0. The van der Waals surface area contributed by atoms with Crippen LogP contribution in [0.1, 0.15) is 18.1 Å². The van der Waals surface area contributed by atoms with E-state index in [2.05, 4.69) is 10.6 Å². The number of nitrogens with one attached hydrogen (secondary N) is 1. The molecule has 0 bridgehead atoms. The molecule has 0 fully saturated rings. The lowest BCUT2D eigenvalue weighted by Gasteiger charge is -2.14. The number of amides is 1. The lowest BCUT2D eigenvalue weighted by atomic mass is 10.1. The Bertz CT molecular complexity index is 398. The minimum absolute atomic E-state index is 0.0201. The van der Waals surface area contributed by atoms with Gasteiger partial charge in [0.05, 0.1) is 5.29 Å². The fourth-order valence-corrected chi connectivity index (χ4v) is 1.55. The van der Waals surface area contributed by atoms with Gasteiger partial charge < -0.3 is 5.32 Å². The van der Waals surface area contributed by atoms with Crippen molar-refractivity contribution in [2.75, 3.05) is 18.4 Å². The van der Waals surface area contributed by atoms with Gasteiger partial charge in [-0.15, -0.1) is 4.91 Å². The average Bonchev–Trinajstić information content (AvgIpc) is 2.31. The Morgan fingerprint density at radius 1 is 1.35 bits per heavy atom. The molecule has 0 unspecified atom stereocenters. The second kappa shape index (κ2) is 5.98. The molecule has 0 aliphatic heterocycles. The Labute approximate surface area is 101 Å². The van der Waals surface area contributed by atoms with E-state index >= 15 is 0 Å². The maximum Gasteiger partial charge on any atom is 0.245 e. The summed E-state index contributed by atoms with van der Waals surface area (Å²) < 4.78 is 0. The molecule has 5 nitrogen and oxygen atoms in total. The van der Waals surface area contributed by atoms with Crippen molar-refractivity contribution in [3.63, 3.8) is 0 Å². The molecule has 1 rings (SSSR count). The largest absolute Gasteiger partial charge is 0.324 e. The van der Waals surface area contributed by atoms with Gasteiger partial charge >= 0.3 is 0 Å². The predicted octanol–water partition coefficient (Wildman–Crippen LogP) is 2.25. The number of nitroso groups, excluding NO2 is 1. The summed E-state index contributed by atoms with van der Waals surface area (Å²) in [7, 11) is 0. The first-order valence-corrected chi connectivity index (χ1v) is 5.52. The number of benzene rings is 1. The van der Waals surface area contributed by atoms with Crippen molar-refractivity contribution in [1.29, 1.82) is 0 Å². The first-order chi connectivity index (χ1) is 8.08. The van der Waals surface area contributed by atoms with Gasteiger partial charge in [-0.1, -0.05) is 18.2 Å². The number of carbonyl (C=O) groups excluding carboxylic acids is 1. The van der Waals surface area contributed by atoms with Crippen molar-refractivity contribution in [2.45, 2.75) is 20.8 Å². The van der Waals surface area contributed by atoms with Crippen molar-refractivity contribution in [2.24, 2.45) is 5.29 Å². The molecule has 0 spiro atoms. The fourth-order valence-electron chi connectivity index (χ4n) is 1.55. The molecule has 0 atom stereocenters. The van der Waals surface area contributed by atoms with Gasteiger partial charge in [-0.05, 0) is 31.9 Å². The summed E-state index contributed by atoms with van der Waals surface area (Å²) in [6, 6.07) is 5.79. The van der Waals surface area contributed by atoms with Crippen LogP contribution in [0, 0.1) is 18.8 Å². The van der Waals surface area contributed by atoms with Crippen LogP contribution in [-0.2, 0) is 4.79 Å². The Balaban J connectivity index is 2.71. The van der Waals surface area contributed by atoms with Gasteiger partial charge in [-0.2, -0.15) is 0 Å². The van der Waals surface area contributed by atoms with Crippen molar-refractivity contribution < 1.29 is 4.79 Å². The molecule has 1 aromatic rings. The lowest BCUT2D eigenvalue weighted by molar-refractivity contribution is -0.117.